The number of nitrogens with two attached hydrogens (primary N) is 1. The average molecular weight is 2200 g/mol. The first-order chi connectivity index (χ1) is 69.8. The molecule has 0 saturated carbocycles. The lowest BCUT2D eigenvalue weighted by Gasteiger charge is -2.47. The Balaban J connectivity index is 0.000000197. The third-order valence-corrected chi connectivity index (χ3v) is 33.8. The predicted molar refractivity (Wildman–Crippen MR) is 575 cm³/mol. The lowest BCUT2D eigenvalue weighted by molar-refractivity contribution is -0.141. The number of nitrogens with one attached hydrogen (secondary N) is 3. The zero-order valence-corrected chi connectivity index (χ0v) is 87.5. The molecule has 0 radical (unpaired) electrons. The van der Waals surface area contributed by atoms with Gasteiger partial charge in [-0.05, 0) is 245 Å². The number of amides is 4. The highest BCUT2D eigenvalue weighted by Gasteiger charge is 2.47. The number of halogens is 6. The minimum absolute atomic E-state index is 0. The summed E-state index contributed by atoms with van der Waals surface area (Å²) in [6, 6.07) is 57.6. The molecule has 6 aliphatic rings. The summed E-state index contributed by atoms with van der Waals surface area (Å²) in [5.41, 5.74) is 12.4. The Labute approximate surface area is 880 Å². The van der Waals surface area contributed by atoms with E-state index in [1.165, 1.54) is 41.6 Å². The van der Waals surface area contributed by atoms with Crippen molar-refractivity contribution >= 4 is 205 Å². The number of morpholine rings is 1. The number of rotatable bonds is 22. The molecule has 48 heteroatoms. The van der Waals surface area contributed by atoms with E-state index in [0.717, 1.165) is 117 Å². The zero-order chi connectivity index (χ0) is 104. The average Bonchev–Trinajstić information content (AvgIpc) is 1.49. The number of hydrogen-bond donors (Lipinski definition) is 4. The molecular weight excluding hydrogens is 2080 g/mol. The van der Waals surface area contributed by atoms with E-state index in [1.807, 2.05) is 166 Å². The van der Waals surface area contributed by atoms with Crippen molar-refractivity contribution in [3.63, 3.8) is 0 Å². The molecule has 5 saturated heterocycles. The second kappa shape index (κ2) is 46.3. The van der Waals surface area contributed by atoms with Crippen LogP contribution in [0.5, 0.6) is 0 Å². The summed E-state index contributed by atoms with van der Waals surface area (Å²) < 4.78 is 158. The maximum Gasteiger partial charge on any atom is 0.433 e. The van der Waals surface area contributed by atoms with E-state index >= 15 is 0 Å². The number of fused-ring (bicyclic) bond motifs is 3. The van der Waals surface area contributed by atoms with Crippen LogP contribution < -0.4 is 44.4 Å². The van der Waals surface area contributed by atoms with E-state index in [0.29, 0.717) is 131 Å². The summed E-state index contributed by atoms with van der Waals surface area (Å²) in [7, 11) is -11.2. The number of nitrogen functional groups attached to an aromatic ring is 1. The van der Waals surface area contributed by atoms with Crippen LogP contribution in [0, 0.1) is 6.92 Å². The van der Waals surface area contributed by atoms with E-state index in [1.54, 1.807) is 90.0 Å². The number of para-hydroxylation sites is 1. The number of hydrogen-bond acceptors (Lipinski definition) is 29. The lowest BCUT2D eigenvalue weighted by Crippen LogP contribution is -2.58. The highest BCUT2D eigenvalue weighted by Crippen LogP contribution is 2.40. The number of alkyl halides is 3. The fourth-order valence-corrected chi connectivity index (χ4v) is 24.4. The van der Waals surface area contributed by atoms with Crippen molar-refractivity contribution in [2.24, 2.45) is 0 Å². The number of benzene rings is 8. The molecule has 6 aliphatic heterocycles. The van der Waals surface area contributed by atoms with Gasteiger partial charge in [-0.2, -0.15) is 21.9 Å². The van der Waals surface area contributed by atoms with Crippen LogP contribution in [0.15, 0.2) is 256 Å². The van der Waals surface area contributed by atoms with Gasteiger partial charge in [0, 0.05) is 214 Å². The van der Waals surface area contributed by atoms with Crippen LogP contribution in [0.4, 0.5) is 62.8 Å². The summed E-state index contributed by atoms with van der Waals surface area (Å²) in [4.78, 5) is 90.5. The first-order valence-corrected chi connectivity index (χ1v) is 55.5. The van der Waals surface area contributed by atoms with E-state index in [9.17, 15) is 66.4 Å². The van der Waals surface area contributed by atoms with Gasteiger partial charge in [-0.3, -0.25) is 42.5 Å². The fraction of sp³-hybridized carbons (Fsp3) is 0.316. The zero-order valence-electron chi connectivity index (χ0n) is 79.5. The van der Waals surface area contributed by atoms with Crippen molar-refractivity contribution in [1.29, 1.82) is 0 Å². The van der Waals surface area contributed by atoms with Gasteiger partial charge in [0.15, 0.2) is 5.13 Å². The van der Waals surface area contributed by atoms with Gasteiger partial charge >= 0.3 is 6.18 Å². The molecule has 2 unspecified atom stereocenters. The molecule has 12 heterocycles. The van der Waals surface area contributed by atoms with Crippen molar-refractivity contribution in [3.05, 3.63) is 275 Å². The predicted octanol–water partition coefficient (Wildman–Crippen LogP) is 16.9. The van der Waals surface area contributed by atoms with Crippen LogP contribution in [-0.4, -0.2) is 244 Å². The molecule has 0 aliphatic carbocycles. The smallest absolute Gasteiger partial charge is 0.433 e. The standard InChI is InChI=1S/C24H25ClN6O3S2.C24H25ClN4O4S2.C23H24N6O3S2.C22H26ClN3O3S.C5H4F3N3.6H2/c1-16(31-10-9-18-3-4-19(25)15-22(18)31)23(32)30-13-11-29(12-14-30)20-5-7-21(8-6-20)36(33,34)28-24-26-17(2)27-35-24;1-24(17-2-4-18(25)5-3-17)16-33-14-13-29(24)21-10-12-28(22(21)30)19-6-8-20(9-7-19)35(31,32)27-23-26-11-15-34-23;1-17(29-11-10-18-4-2-3-5-21(18)29)22(30)28-14-12-27(13-15-28)19-6-8-20(9-7-19)34(31,32)26-23-24-16-25-33-23;1-16(26-10-2-3-17-15-18(23)4-9-21(17)26)22(27)25-13-11-24(12-14-25)19-5-7-20(8-6-19)30(28)29;6-5(7,8)3-1-4(9)11-2-10-3;;;;;;/h3-10,15-16H,11-14H2,1-2H3,(H,26,27,28);2-9,11,15,21H,10,12-14,16H2,1H3,(H,26,27);2-11,16-17H,12-15H2,1H3,(H,24,25,26);4-9,15-16H,2-3,10-14H2,1H3,(H,28,29);1-2H,(H2,9,10,11);6*1H/p-1/t16-;21-,24?;17-;16-;;;;;;;/m0011......./s1. The number of carbonyl (C=O) groups is 4. The molecular formula is C98H115Cl3F3N22O13S7-. The number of ether oxygens (including phenoxy) is 1. The lowest BCUT2D eigenvalue weighted by atomic mass is 9.88. The van der Waals surface area contributed by atoms with Gasteiger partial charge in [0.2, 0.25) is 33.9 Å². The first-order valence-electron chi connectivity index (χ1n) is 46.4. The van der Waals surface area contributed by atoms with Crippen LogP contribution in [-0.2, 0) is 83.2 Å². The number of piperazine rings is 3. The minimum Gasteiger partial charge on any atom is -0.768 e. The van der Waals surface area contributed by atoms with Crippen LogP contribution in [0.1, 0.15) is 83.8 Å². The molecule has 6 aromatic heterocycles. The third kappa shape index (κ3) is 25.3. The van der Waals surface area contributed by atoms with Crippen molar-refractivity contribution in [2.45, 2.75) is 109 Å². The monoisotopic (exact) mass is 2190 g/mol. The van der Waals surface area contributed by atoms with Crippen LogP contribution in [0.25, 0.3) is 21.8 Å². The number of sulfonamides is 3. The Bertz CT molecular complexity index is 7360. The first kappa shape index (κ1) is 106. The van der Waals surface area contributed by atoms with Gasteiger partial charge in [0.1, 0.15) is 48.1 Å². The number of thiazole rings is 1. The molecule has 146 heavy (non-hydrogen) atoms. The van der Waals surface area contributed by atoms with Crippen molar-refractivity contribution < 1.29 is 79.7 Å². The number of nitrogens with zero attached hydrogens (tertiary/aromatic N) is 18. The summed E-state index contributed by atoms with van der Waals surface area (Å²) in [6.45, 7) is 20.6. The van der Waals surface area contributed by atoms with Gasteiger partial charge < -0.3 is 63.4 Å². The van der Waals surface area contributed by atoms with Crippen molar-refractivity contribution in [3.8, 4) is 0 Å². The third-order valence-electron chi connectivity index (χ3n) is 26.0. The molecule has 4 amide bonds. The number of carbonyl (C=O) groups excluding carboxylic acids is 4. The Kier molecular flexibility index (Phi) is 33.7. The minimum atomic E-state index is -4.45. The highest BCUT2D eigenvalue weighted by atomic mass is 35.5. The molecule has 780 valence electrons. The maximum atomic E-state index is 13.6. The topological polar surface area (TPSA) is 411 Å². The quantitative estimate of drug-likeness (QED) is 0.0458. The molecule has 5 fully saturated rings. The van der Waals surface area contributed by atoms with Crippen LogP contribution in [0.2, 0.25) is 15.1 Å². The van der Waals surface area contributed by atoms with Crippen molar-refractivity contribution in [1.82, 2.24) is 62.4 Å². The van der Waals surface area contributed by atoms with Crippen LogP contribution in [0.3, 0.4) is 0 Å². The number of aryl methyl sites for hydroxylation is 2. The van der Waals surface area contributed by atoms with Gasteiger partial charge in [0.05, 0.1) is 45.0 Å². The Hall–Kier alpha value is -12.5. The fourth-order valence-electron chi connectivity index (χ4n) is 18.3. The summed E-state index contributed by atoms with van der Waals surface area (Å²) >= 11 is 19.4. The maximum absolute atomic E-state index is 13.6. The van der Waals surface area contributed by atoms with Gasteiger partial charge in [-0.25, -0.2) is 50.2 Å². The largest absolute Gasteiger partial charge is 0.768 e. The van der Waals surface area contributed by atoms with Gasteiger partial charge in [-0.15, -0.1) is 11.3 Å². The molecule has 35 nitrogen and oxygen atoms in total. The van der Waals surface area contributed by atoms with Crippen molar-refractivity contribution in [2.75, 3.05) is 156 Å². The summed E-state index contributed by atoms with van der Waals surface area (Å²) in [5.74, 6) is 0.647. The molecule has 6 atom stereocenters. The molecule has 8 aromatic carbocycles. The molecule has 14 aromatic rings. The second-order valence-electron chi connectivity index (χ2n) is 35.1. The highest BCUT2D eigenvalue weighted by molar-refractivity contribution is 7.93. The molecule has 0 spiro atoms. The Morgan fingerprint density at radius 2 is 1.06 bits per heavy atom. The number of aromatic nitrogens is 9. The molecule has 0 bridgehead atoms. The molecule has 5 N–H and O–H groups in total. The van der Waals surface area contributed by atoms with Gasteiger partial charge in [-0.1, -0.05) is 71.2 Å². The summed E-state index contributed by atoms with van der Waals surface area (Å²) in [6.07, 6.45) is 5.75. The number of anilines is 9. The van der Waals surface area contributed by atoms with Crippen LogP contribution >= 0.6 is 69.2 Å². The SMILES string of the molecule is CC1(c2ccc(Cl)cc2)COCCN1[C@H]1CCN(c2ccc(S(=O)(=O)Nc3nccs3)cc2)C1=O.C[C@H](C(=O)N1CCN(c2ccc(S(=O)(=O)Nc3ncns3)cc2)CC1)n1ccc2ccccc21.C[C@H](C(=O)N1CCN(c2ccc(S(=O)[O-])cc2)CC1)N1CCCc2cc(Cl)ccc21.Cc1nsc(NS(=O)(=O)c2ccc(N3CCN(C(=O)[C@H](C)n4ccc5ccc(Cl)cc54)CC3)cc2)n1.Nc1cc(C(F)(F)F)ncn1.[HH].[HH].[HH].[HH].[HH].[HH]. The summed E-state index contributed by atoms with van der Waals surface area (Å²) in [5, 5.41) is 6.68. The van der Waals surface area contributed by atoms with E-state index in [2.05, 4.69) is 79.3 Å². The molecule has 20 rings (SSSR count). The Morgan fingerprint density at radius 1 is 0.555 bits per heavy atom. The Morgan fingerprint density at radius 3 is 1.58 bits per heavy atom. The second-order valence-corrected chi connectivity index (χ2v) is 44.9. The van der Waals surface area contributed by atoms with E-state index in [-0.39, 0.29) is 92.0 Å². The van der Waals surface area contributed by atoms with Gasteiger partial charge in [0.25, 0.3) is 30.1 Å². The van der Waals surface area contributed by atoms with E-state index in [4.69, 9.17) is 45.3 Å². The van der Waals surface area contributed by atoms with E-state index < -0.39 is 58.6 Å². The normalized spacial score (nSPS) is 17.7.